The van der Waals surface area contributed by atoms with Crippen LogP contribution in [0.25, 0.3) is 70.0 Å². The van der Waals surface area contributed by atoms with E-state index in [9.17, 15) is 4.39 Å². The van der Waals surface area contributed by atoms with Gasteiger partial charge in [0.15, 0.2) is 0 Å². The topological polar surface area (TPSA) is 56.0 Å². The maximum absolute atomic E-state index is 14.4. The van der Waals surface area contributed by atoms with Gasteiger partial charge in [0.05, 0.1) is 5.52 Å². The smallest absolute Gasteiger partial charge is 0.661 e. The Bertz CT molecular complexity index is 3880. The van der Waals surface area contributed by atoms with E-state index in [2.05, 4.69) is 175 Å². The Labute approximate surface area is 487 Å². The van der Waals surface area contributed by atoms with Crippen LogP contribution < -0.4 is 9.30 Å². The predicted octanol–water partition coefficient (Wildman–Crippen LogP) is 19.6. The molecule has 398 valence electrons. The first kappa shape index (κ1) is 52.7. The molecule has 0 bridgehead atoms. The molecular weight excluding hydrogens is 1210 g/mol. The molecule has 1 aliphatic rings. The average Bonchev–Trinajstić information content (AvgIpc) is 4.02. The molecule has 6 aromatic carbocycles. The Morgan fingerprint density at radius 3 is 2.06 bits per heavy atom. The van der Waals surface area contributed by atoms with E-state index in [-0.39, 0.29) is 48.9 Å². The molecule has 1 atom stereocenters. The van der Waals surface area contributed by atoms with Crippen LogP contribution in [0.2, 0.25) is 17.3 Å². The van der Waals surface area contributed by atoms with Crippen LogP contribution in [0.5, 0.6) is 0 Å². The monoisotopic (exact) mass is 1290 g/mol. The standard InChI is InChI=1S/C45H44N4S.C24H27FGeN.Ir/c1-26(2)36-23-30(29-13-10-9-11-14-29)24-37(27(3)4)40(36)49-41-34-19-17-28(5)46-38(34)21-22-39(41)48-43(49)35-16-12-15-32-33-20-18-31(25-45(6,7)8)47-44(33)50-42(32)35;1-17(2)13-20-15-24(27-16-23(20)26(3,4)5)19-11-12-22(25)21(14-19)18-9-7-6-8-10-18;/h9-15,17-24,26-27,43H,25H2,1-8H3;6-10,12,14-17H,13H2,1-5H3;/q-2;-1;+3/i5D3;;. The molecule has 5 heterocycles. The van der Waals surface area contributed by atoms with Crippen molar-refractivity contribution in [2.45, 2.75) is 117 Å². The van der Waals surface area contributed by atoms with Gasteiger partial charge in [-0.3, -0.25) is 4.98 Å². The molecule has 9 heteroatoms. The Kier molecular flexibility index (Phi) is 15.5. The van der Waals surface area contributed by atoms with Crippen molar-refractivity contribution in [2.75, 3.05) is 4.90 Å². The second-order valence-electron chi connectivity index (χ2n) is 23.9. The van der Waals surface area contributed by atoms with Crippen LogP contribution >= 0.6 is 11.3 Å². The molecule has 0 spiro atoms. The van der Waals surface area contributed by atoms with E-state index in [1.54, 1.807) is 17.4 Å². The number of nitrogens with zero attached hydrogens (tertiary/aromatic N) is 5. The van der Waals surface area contributed by atoms with Crippen molar-refractivity contribution in [2.24, 2.45) is 11.3 Å². The van der Waals surface area contributed by atoms with Crippen molar-refractivity contribution in [3.63, 3.8) is 0 Å². The molecule has 10 aromatic rings. The first-order valence-corrected chi connectivity index (χ1v) is 35.3. The molecule has 4 aromatic heterocycles. The second-order valence-corrected chi connectivity index (χ2v) is 35.5. The fourth-order valence-corrected chi connectivity index (χ4v) is 15.4. The summed E-state index contributed by atoms with van der Waals surface area (Å²) in [6.45, 7) is 18.0. The van der Waals surface area contributed by atoms with Gasteiger partial charge in [-0.25, -0.2) is 4.98 Å². The number of fused-ring (bicyclic) bond motifs is 6. The summed E-state index contributed by atoms with van der Waals surface area (Å²) >= 11 is -0.287. The molecule has 0 saturated heterocycles. The van der Waals surface area contributed by atoms with Gasteiger partial charge in [-0.2, -0.15) is 29.5 Å². The van der Waals surface area contributed by atoms with Gasteiger partial charge in [0.1, 0.15) is 4.83 Å². The van der Waals surface area contributed by atoms with Crippen LogP contribution in [0.1, 0.15) is 118 Å². The van der Waals surface area contributed by atoms with Crippen LogP contribution in [-0.4, -0.2) is 28.2 Å². The second kappa shape index (κ2) is 23.0. The summed E-state index contributed by atoms with van der Waals surface area (Å²) in [6.07, 6.45) is 3.57. The number of hydrogen-bond acceptors (Lipinski definition) is 5. The minimum absolute atomic E-state index is 0. The maximum atomic E-state index is 14.4. The van der Waals surface area contributed by atoms with E-state index < -0.39 is 26.3 Å². The summed E-state index contributed by atoms with van der Waals surface area (Å²) in [7, 11) is 0. The third kappa shape index (κ3) is 11.8. The minimum Gasteiger partial charge on any atom is -0.661 e. The summed E-state index contributed by atoms with van der Waals surface area (Å²) in [5, 5.41) is 8.68. The van der Waals surface area contributed by atoms with E-state index in [1.807, 2.05) is 60.7 Å². The predicted molar refractivity (Wildman–Crippen MR) is 329 cm³/mol. The van der Waals surface area contributed by atoms with Crippen molar-refractivity contribution in [1.82, 2.24) is 15.0 Å². The number of anilines is 2. The summed E-state index contributed by atoms with van der Waals surface area (Å²) in [4.78, 5) is 18.0. The number of rotatable bonds is 11. The van der Waals surface area contributed by atoms with Gasteiger partial charge in [-0.1, -0.05) is 95.6 Å². The summed E-state index contributed by atoms with van der Waals surface area (Å²) in [6, 6.07) is 53.2. The zero-order chi connectivity index (χ0) is 57.0. The molecule has 11 rings (SSSR count). The summed E-state index contributed by atoms with van der Waals surface area (Å²) < 4.78 is 41.2. The van der Waals surface area contributed by atoms with E-state index in [0.717, 1.165) is 83.7 Å². The maximum Gasteiger partial charge on any atom is 3.00 e. The molecule has 5 nitrogen and oxygen atoms in total. The van der Waals surface area contributed by atoms with Crippen molar-refractivity contribution in [3.8, 4) is 33.5 Å². The van der Waals surface area contributed by atoms with Crippen LogP contribution in [0.4, 0.5) is 21.5 Å². The number of hydrogen-bond donors (Lipinski definition) is 0. The number of aryl methyl sites for hydroxylation is 1. The van der Waals surface area contributed by atoms with Crippen LogP contribution in [0, 0.1) is 36.1 Å². The molecule has 0 radical (unpaired) electrons. The minimum atomic E-state index is -2.31. The fourth-order valence-electron chi connectivity index (χ4n) is 10.8. The average molecular weight is 1290 g/mol. The molecule has 1 unspecified atom stereocenters. The largest absolute Gasteiger partial charge is 3.00 e. The Balaban J connectivity index is 0.000000239. The fraction of sp³-hybridized carbons (Fsp3) is 0.290. The Morgan fingerprint density at radius 2 is 1.42 bits per heavy atom. The number of pyridine rings is 3. The van der Waals surface area contributed by atoms with Crippen molar-refractivity contribution >= 4 is 77.3 Å². The quantitative estimate of drug-likeness (QED) is 0.0957. The first-order valence-electron chi connectivity index (χ1n) is 28.6. The van der Waals surface area contributed by atoms with Crippen LogP contribution in [-0.2, 0) is 32.9 Å². The van der Waals surface area contributed by atoms with Gasteiger partial charge in [0.25, 0.3) is 0 Å². The molecule has 78 heavy (non-hydrogen) atoms. The Morgan fingerprint density at radius 1 is 0.744 bits per heavy atom. The van der Waals surface area contributed by atoms with Gasteiger partial charge in [0, 0.05) is 32.3 Å². The van der Waals surface area contributed by atoms with Crippen LogP contribution in [0.15, 0.2) is 146 Å². The summed E-state index contributed by atoms with van der Waals surface area (Å²) in [5.41, 5.74) is 15.2. The number of benzene rings is 6. The summed E-state index contributed by atoms with van der Waals surface area (Å²) in [5.74, 6) is 7.92. The molecule has 0 N–H and O–H groups in total. The van der Waals surface area contributed by atoms with Gasteiger partial charge < -0.3 is 10.2 Å². The van der Waals surface area contributed by atoms with E-state index in [0.29, 0.717) is 17.0 Å². The molecule has 0 amide bonds. The third-order valence-corrected chi connectivity index (χ3v) is 19.9. The van der Waals surface area contributed by atoms with Crippen LogP contribution in [0.3, 0.4) is 0 Å². The zero-order valence-corrected chi connectivity index (χ0v) is 52.2. The van der Waals surface area contributed by atoms with Gasteiger partial charge in [-0.15, -0.1) is 16.6 Å². The molecule has 0 saturated carbocycles. The normalized spacial score (nSPS) is 14.3. The van der Waals surface area contributed by atoms with Crippen molar-refractivity contribution < 1.29 is 28.6 Å². The van der Waals surface area contributed by atoms with Gasteiger partial charge in [0.2, 0.25) is 0 Å². The van der Waals surface area contributed by atoms with E-state index >= 15 is 0 Å². The number of aromatic nitrogens is 3. The van der Waals surface area contributed by atoms with Crippen molar-refractivity contribution in [3.05, 3.63) is 203 Å². The SMILES string of the molecule is CC(C)Cc1cc(-c2[c-]cc(F)c(-c3ccccc3)c2)nc[c]1[Ge]([CH3])([CH3])[CH3].[2H]C([2H])([2H])c1ccc2c3c(ccc2n1)[N-]C(c1[c-]ccc2c1sc1nc(CC(C)(C)C)ccc12)N3c1c(C(C)C)cc(-c2ccccc2)cc1C(C)C.[Ir+3]. The van der Waals surface area contributed by atoms with Crippen molar-refractivity contribution in [1.29, 1.82) is 0 Å². The van der Waals surface area contributed by atoms with Gasteiger partial charge in [-0.05, 0) is 101 Å². The first-order chi connectivity index (χ1) is 37.9. The number of thiophene rings is 1. The van der Waals surface area contributed by atoms with E-state index in [1.165, 1.54) is 38.3 Å². The molecule has 0 fully saturated rings. The zero-order valence-electron chi connectivity index (χ0n) is 49.9. The van der Waals surface area contributed by atoms with Gasteiger partial charge >= 0.3 is 185 Å². The van der Waals surface area contributed by atoms with E-state index in [4.69, 9.17) is 19.4 Å². The molecule has 0 aliphatic carbocycles. The number of halogens is 1. The Hall–Kier alpha value is -6.03. The molecular formula is C69H71FGeIrN5S. The third-order valence-electron chi connectivity index (χ3n) is 14.4. The molecule has 1 aliphatic heterocycles.